The number of nitrogens with one attached hydrogen (secondary N) is 3. The third-order valence-corrected chi connectivity index (χ3v) is 2.53. The summed E-state index contributed by atoms with van der Waals surface area (Å²) < 4.78 is 0. The van der Waals surface area contributed by atoms with Gasteiger partial charge in [0.15, 0.2) is 0 Å². The highest BCUT2D eigenvalue weighted by molar-refractivity contribution is 6.03. The van der Waals surface area contributed by atoms with Crippen LogP contribution in [0.4, 0.5) is 11.4 Å². The van der Waals surface area contributed by atoms with E-state index in [9.17, 15) is 4.79 Å². The first-order valence-corrected chi connectivity index (χ1v) is 5.37. The molecule has 0 radical (unpaired) electrons. The van der Waals surface area contributed by atoms with Crippen LogP contribution in [0.2, 0.25) is 0 Å². The minimum absolute atomic E-state index is 0.286. The van der Waals surface area contributed by atoms with Gasteiger partial charge in [0, 0.05) is 0 Å². The van der Waals surface area contributed by atoms with Crippen molar-refractivity contribution >= 4 is 17.3 Å². The van der Waals surface area contributed by atoms with E-state index in [1.54, 1.807) is 12.1 Å². The summed E-state index contributed by atoms with van der Waals surface area (Å²) in [5, 5.41) is 9.57. The van der Waals surface area contributed by atoms with Crippen LogP contribution in [0.15, 0.2) is 18.3 Å². The number of aryl methyl sites for hydroxylation is 2. The van der Waals surface area contributed by atoms with E-state index in [-0.39, 0.29) is 5.91 Å². The number of hydrogen-bond acceptors (Lipinski definition) is 5. The third kappa shape index (κ3) is 2.30. The summed E-state index contributed by atoms with van der Waals surface area (Å²) in [6.07, 6.45) is 1.49. The molecule has 0 aliphatic heterocycles. The summed E-state index contributed by atoms with van der Waals surface area (Å²) >= 11 is 0. The second-order valence-corrected chi connectivity index (χ2v) is 3.84. The van der Waals surface area contributed by atoms with Crippen LogP contribution < -0.4 is 16.6 Å². The standard InChI is InChI=1S/C11H14N6O/c1-6-10(7(2)17-16-6)14-11(18)9-4-3-8(15-12)5-13-9/h3-5,15H,12H2,1-2H3,(H,14,18)(H,16,17). The van der Waals surface area contributed by atoms with E-state index in [2.05, 4.69) is 25.9 Å². The van der Waals surface area contributed by atoms with Crippen LogP contribution >= 0.6 is 0 Å². The number of nitrogens with two attached hydrogens (primary N) is 1. The molecule has 0 saturated heterocycles. The Balaban J connectivity index is 2.17. The molecule has 0 aliphatic carbocycles. The number of hydrazine groups is 1. The van der Waals surface area contributed by atoms with Crippen molar-refractivity contribution in [2.45, 2.75) is 13.8 Å². The van der Waals surface area contributed by atoms with Gasteiger partial charge in [-0.3, -0.25) is 15.7 Å². The number of pyridine rings is 1. The molecule has 0 spiro atoms. The average molecular weight is 246 g/mol. The molecule has 94 valence electrons. The number of H-pyrrole nitrogens is 1. The zero-order valence-corrected chi connectivity index (χ0v) is 10.1. The molecule has 0 aromatic carbocycles. The summed E-state index contributed by atoms with van der Waals surface area (Å²) in [4.78, 5) is 16.0. The highest BCUT2D eigenvalue weighted by Gasteiger charge is 2.12. The molecule has 0 saturated carbocycles. The first-order valence-electron chi connectivity index (χ1n) is 5.37. The van der Waals surface area contributed by atoms with Gasteiger partial charge in [-0.2, -0.15) is 5.10 Å². The maximum absolute atomic E-state index is 11.9. The Morgan fingerprint density at radius 3 is 2.67 bits per heavy atom. The van der Waals surface area contributed by atoms with E-state index >= 15 is 0 Å². The van der Waals surface area contributed by atoms with Gasteiger partial charge >= 0.3 is 0 Å². The molecular weight excluding hydrogens is 232 g/mol. The zero-order chi connectivity index (χ0) is 13.1. The molecule has 0 bridgehead atoms. The summed E-state index contributed by atoms with van der Waals surface area (Å²) in [6.45, 7) is 3.65. The van der Waals surface area contributed by atoms with Gasteiger partial charge in [-0.15, -0.1) is 0 Å². The number of nitrogen functional groups attached to an aromatic ring is 1. The Bertz CT molecular complexity index is 540. The van der Waals surface area contributed by atoms with Gasteiger partial charge in [-0.05, 0) is 26.0 Å². The third-order valence-electron chi connectivity index (χ3n) is 2.53. The molecule has 5 N–H and O–H groups in total. The van der Waals surface area contributed by atoms with E-state index < -0.39 is 0 Å². The Labute approximate surface area is 104 Å². The highest BCUT2D eigenvalue weighted by atomic mass is 16.1. The predicted molar refractivity (Wildman–Crippen MR) is 68.1 cm³/mol. The molecule has 2 heterocycles. The van der Waals surface area contributed by atoms with E-state index in [1.165, 1.54) is 6.20 Å². The Morgan fingerprint density at radius 2 is 2.17 bits per heavy atom. The van der Waals surface area contributed by atoms with Crippen LogP contribution in [-0.2, 0) is 0 Å². The normalized spacial score (nSPS) is 10.2. The SMILES string of the molecule is Cc1n[nH]c(C)c1NC(=O)c1ccc(NN)cn1. The van der Waals surface area contributed by atoms with Crippen LogP contribution in [0.25, 0.3) is 0 Å². The molecule has 1 amide bonds. The molecule has 7 heteroatoms. The van der Waals surface area contributed by atoms with Crippen molar-refractivity contribution in [3.8, 4) is 0 Å². The maximum Gasteiger partial charge on any atom is 0.274 e. The molecule has 2 aromatic heterocycles. The van der Waals surface area contributed by atoms with Crippen LogP contribution in [-0.4, -0.2) is 21.1 Å². The molecular formula is C11H14N6O. The first-order chi connectivity index (χ1) is 8.61. The van der Waals surface area contributed by atoms with Gasteiger partial charge in [0.1, 0.15) is 5.69 Å². The molecule has 0 aliphatic rings. The van der Waals surface area contributed by atoms with E-state index in [4.69, 9.17) is 5.84 Å². The number of carbonyl (C=O) groups is 1. The van der Waals surface area contributed by atoms with Gasteiger partial charge in [0.2, 0.25) is 0 Å². The molecule has 2 rings (SSSR count). The van der Waals surface area contributed by atoms with E-state index in [0.29, 0.717) is 17.1 Å². The van der Waals surface area contributed by atoms with Crippen molar-refractivity contribution < 1.29 is 4.79 Å². The Hall–Kier alpha value is -2.41. The first kappa shape index (κ1) is 12.1. The fraction of sp³-hybridized carbons (Fsp3) is 0.182. The number of nitrogens with zero attached hydrogens (tertiary/aromatic N) is 2. The van der Waals surface area contributed by atoms with Gasteiger partial charge < -0.3 is 10.7 Å². The van der Waals surface area contributed by atoms with Crippen LogP contribution in [0.3, 0.4) is 0 Å². The summed E-state index contributed by atoms with van der Waals surface area (Å²) in [5.74, 6) is 4.94. The minimum Gasteiger partial charge on any atom is -0.323 e. The average Bonchev–Trinajstić information content (AvgIpc) is 2.70. The van der Waals surface area contributed by atoms with Crippen LogP contribution in [0, 0.1) is 13.8 Å². The minimum atomic E-state index is -0.286. The lowest BCUT2D eigenvalue weighted by atomic mass is 10.2. The van der Waals surface area contributed by atoms with Gasteiger partial charge in [-0.1, -0.05) is 0 Å². The van der Waals surface area contributed by atoms with Crippen molar-refractivity contribution in [2.24, 2.45) is 5.84 Å². The molecule has 0 unspecified atom stereocenters. The van der Waals surface area contributed by atoms with E-state index in [0.717, 1.165) is 11.4 Å². The summed E-state index contributed by atoms with van der Waals surface area (Å²) in [5.41, 5.74) is 5.63. The van der Waals surface area contributed by atoms with Crippen LogP contribution in [0.1, 0.15) is 21.9 Å². The van der Waals surface area contributed by atoms with Crippen molar-refractivity contribution in [3.05, 3.63) is 35.4 Å². The second-order valence-electron chi connectivity index (χ2n) is 3.84. The lowest BCUT2D eigenvalue weighted by Crippen LogP contribution is -2.15. The second kappa shape index (κ2) is 4.84. The number of amides is 1. The number of rotatable bonds is 3. The quantitative estimate of drug-likeness (QED) is 0.476. The fourth-order valence-electron chi connectivity index (χ4n) is 1.53. The fourth-order valence-corrected chi connectivity index (χ4v) is 1.53. The topological polar surface area (TPSA) is 109 Å². The van der Waals surface area contributed by atoms with Gasteiger partial charge in [0.05, 0.1) is 29.0 Å². The molecule has 18 heavy (non-hydrogen) atoms. The van der Waals surface area contributed by atoms with Crippen molar-refractivity contribution in [3.63, 3.8) is 0 Å². The molecule has 7 nitrogen and oxygen atoms in total. The molecule has 2 aromatic rings. The number of anilines is 2. The van der Waals surface area contributed by atoms with Gasteiger partial charge in [0.25, 0.3) is 5.91 Å². The van der Waals surface area contributed by atoms with Crippen molar-refractivity contribution in [1.29, 1.82) is 0 Å². The molecule has 0 atom stereocenters. The Kier molecular flexibility index (Phi) is 3.24. The Morgan fingerprint density at radius 1 is 1.39 bits per heavy atom. The van der Waals surface area contributed by atoms with Crippen molar-refractivity contribution in [2.75, 3.05) is 10.7 Å². The predicted octanol–water partition coefficient (Wildman–Crippen LogP) is 0.959. The zero-order valence-electron chi connectivity index (χ0n) is 10.1. The summed E-state index contributed by atoms with van der Waals surface area (Å²) in [7, 11) is 0. The number of aromatic amines is 1. The van der Waals surface area contributed by atoms with Crippen LogP contribution in [0.5, 0.6) is 0 Å². The van der Waals surface area contributed by atoms with Gasteiger partial charge in [-0.25, -0.2) is 4.98 Å². The molecule has 0 fully saturated rings. The van der Waals surface area contributed by atoms with E-state index in [1.807, 2.05) is 13.8 Å². The summed E-state index contributed by atoms with van der Waals surface area (Å²) in [6, 6.07) is 3.27. The number of hydrogen-bond donors (Lipinski definition) is 4. The lowest BCUT2D eigenvalue weighted by molar-refractivity contribution is 0.102. The monoisotopic (exact) mass is 246 g/mol. The lowest BCUT2D eigenvalue weighted by Gasteiger charge is -2.05. The maximum atomic E-state index is 11.9. The number of aromatic nitrogens is 3. The van der Waals surface area contributed by atoms with Crippen molar-refractivity contribution in [1.82, 2.24) is 15.2 Å². The highest BCUT2D eigenvalue weighted by Crippen LogP contribution is 2.17. The number of carbonyl (C=O) groups excluding carboxylic acids is 1. The largest absolute Gasteiger partial charge is 0.323 e. The smallest absolute Gasteiger partial charge is 0.274 e.